The molecule has 164 valence electrons. The average Bonchev–Trinajstić information content (AvgIpc) is 3.12. The molecule has 0 aromatic heterocycles. The molecule has 0 radical (unpaired) electrons. The van der Waals surface area contributed by atoms with Crippen molar-refractivity contribution in [3.63, 3.8) is 0 Å². The van der Waals surface area contributed by atoms with E-state index in [1.165, 1.54) is 36.4 Å². The minimum Gasteiger partial charge on any atom is -0.507 e. The Balaban J connectivity index is 0.000000173. The van der Waals surface area contributed by atoms with E-state index in [4.69, 9.17) is 4.12 Å². The lowest BCUT2D eigenvalue weighted by molar-refractivity contribution is 0.0862. The third-order valence-electron chi connectivity index (χ3n) is 4.06. The second kappa shape index (κ2) is 9.68. The van der Waals surface area contributed by atoms with Crippen LogP contribution in [0, 0.1) is 0 Å². The van der Waals surface area contributed by atoms with Gasteiger partial charge in [0.1, 0.15) is 21.3 Å². The summed E-state index contributed by atoms with van der Waals surface area (Å²) in [6, 6.07) is 8.78. The van der Waals surface area contributed by atoms with Crippen molar-refractivity contribution in [3.8, 4) is 11.5 Å². The molecule has 31 heavy (non-hydrogen) atoms. The Kier molecular flexibility index (Phi) is 7.49. The number of imide groups is 2. The SMILES string of the molecule is C[SiH2]O[Si](C)(C)C.O=C1NC(=O)c2c(O)cccc21.O=C1NC(=O)c2c(O)cccc21. The van der Waals surface area contributed by atoms with Crippen LogP contribution < -0.4 is 10.6 Å². The number of hydrogen-bond donors (Lipinski definition) is 4. The fourth-order valence-electron chi connectivity index (χ4n) is 2.83. The highest BCUT2D eigenvalue weighted by Gasteiger charge is 2.29. The van der Waals surface area contributed by atoms with Crippen molar-refractivity contribution in [2.24, 2.45) is 0 Å². The van der Waals surface area contributed by atoms with Crippen LogP contribution >= 0.6 is 0 Å². The largest absolute Gasteiger partial charge is 0.507 e. The van der Waals surface area contributed by atoms with Crippen molar-refractivity contribution in [1.29, 1.82) is 0 Å². The molecule has 2 aromatic carbocycles. The first-order valence-electron chi connectivity index (χ1n) is 9.45. The van der Waals surface area contributed by atoms with Crippen LogP contribution in [0.5, 0.6) is 11.5 Å². The number of benzene rings is 2. The van der Waals surface area contributed by atoms with Crippen molar-refractivity contribution < 1.29 is 33.5 Å². The van der Waals surface area contributed by atoms with E-state index in [0.717, 1.165) is 0 Å². The van der Waals surface area contributed by atoms with Gasteiger partial charge in [0.25, 0.3) is 23.6 Å². The second-order valence-corrected chi connectivity index (χ2v) is 13.5. The maximum Gasteiger partial charge on any atom is 0.262 e. The molecule has 4 rings (SSSR count). The number of nitrogens with one attached hydrogen (secondary N) is 2. The number of fused-ring (bicyclic) bond motifs is 2. The van der Waals surface area contributed by atoms with Gasteiger partial charge in [-0.2, -0.15) is 0 Å². The minimum atomic E-state index is -1.10. The number of carbonyl (C=O) groups excluding carboxylic acids is 4. The van der Waals surface area contributed by atoms with Gasteiger partial charge in [-0.1, -0.05) is 18.7 Å². The van der Waals surface area contributed by atoms with Crippen LogP contribution in [0.4, 0.5) is 0 Å². The topological polar surface area (TPSA) is 142 Å². The average molecular weight is 461 g/mol. The van der Waals surface area contributed by atoms with Crippen molar-refractivity contribution in [1.82, 2.24) is 10.6 Å². The fourth-order valence-corrected chi connectivity index (χ4v) is 6.30. The normalized spacial score (nSPS) is 14.2. The lowest BCUT2D eigenvalue weighted by Crippen LogP contribution is -2.26. The zero-order valence-corrected chi connectivity index (χ0v) is 20.0. The monoisotopic (exact) mass is 460 g/mol. The molecule has 2 aromatic rings. The molecule has 0 bridgehead atoms. The number of phenols is 2. The predicted molar refractivity (Wildman–Crippen MR) is 119 cm³/mol. The van der Waals surface area contributed by atoms with E-state index < -0.39 is 31.9 Å². The van der Waals surface area contributed by atoms with E-state index in [-0.39, 0.29) is 43.5 Å². The van der Waals surface area contributed by atoms with Crippen LogP contribution in [0.3, 0.4) is 0 Å². The Morgan fingerprint density at radius 1 is 0.742 bits per heavy atom. The van der Waals surface area contributed by atoms with Crippen molar-refractivity contribution in [2.45, 2.75) is 26.2 Å². The van der Waals surface area contributed by atoms with Gasteiger partial charge in [0.15, 0.2) is 8.32 Å². The summed E-state index contributed by atoms with van der Waals surface area (Å²) in [7, 11) is -1.22. The lowest BCUT2D eigenvalue weighted by Gasteiger charge is -2.14. The molecule has 0 aliphatic carbocycles. The van der Waals surface area contributed by atoms with E-state index >= 15 is 0 Å². The molecular weight excluding hydrogens is 436 g/mol. The summed E-state index contributed by atoms with van der Waals surface area (Å²) < 4.78 is 5.51. The zero-order valence-electron chi connectivity index (χ0n) is 17.6. The number of aromatic hydroxyl groups is 2. The van der Waals surface area contributed by atoms with Crippen LogP contribution in [-0.4, -0.2) is 51.9 Å². The zero-order chi connectivity index (χ0) is 23.3. The van der Waals surface area contributed by atoms with Crippen molar-refractivity contribution >= 4 is 41.7 Å². The molecule has 0 saturated heterocycles. The number of phenolic OH excluding ortho intramolecular Hbond substituents is 2. The fraction of sp³-hybridized carbons (Fsp3) is 0.200. The van der Waals surface area contributed by atoms with Gasteiger partial charge in [-0.05, 0) is 43.9 Å². The van der Waals surface area contributed by atoms with Gasteiger partial charge in [0, 0.05) is 0 Å². The van der Waals surface area contributed by atoms with Crippen molar-refractivity contribution in [3.05, 3.63) is 58.7 Å². The maximum absolute atomic E-state index is 11.0. The number of hydrogen-bond acceptors (Lipinski definition) is 7. The maximum atomic E-state index is 11.0. The van der Waals surface area contributed by atoms with E-state index in [0.29, 0.717) is 0 Å². The Labute approximate surface area is 182 Å². The van der Waals surface area contributed by atoms with E-state index in [9.17, 15) is 29.4 Å². The molecule has 0 spiro atoms. The van der Waals surface area contributed by atoms with Gasteiger partial charge >= 0.3 is 0 Å². The first-order valence-corrected chi connectivity index (χ1v) is 14.9. The first-order chi connectivity index (χ1) is 14.5. The van der Waals surface area contributed by atoms with E-state index in [1.54, 1.807) is 0 Å². The second-order valence-electron chi connectivity index (χ2n) is 7.51. The molecular formula is C20H24N2O7Si2. The highest BCUT2D eigenvalue weighted by molar-refractivity contribution is 6.73. The quantitative estimate of drug-likeness (QED) is 0.393. The minimum absolute atomic E-state index is 0.0718. The van der Waals surface area contributed by atoms with Crippen LogP contribution in [0.15, 0.2) is 36.4 Å². The van der Waals surface area contributed by atoms with Gasteiger partial charge in [0.05, 0.1) is 22.3 Å². The Bertz CT molecular complexity index is 973. The molecule has 2 aliphatic rings. The molecule has 0 unspecified atom stereocenters. The molecule has 0 atom stereocenters. The summed E-state index contributed by atoms with van der Waals surface area (Å²) in [6.07, 6.45) is 0. The number of amides is 4. The third-order valence-corrected chi connectivity index (χ3v) is 8.68. The summed E-state index contributed by atoms with van der Waals surface area (Å²) in [4.78, 5) is 44.0. The molecule has 9 nitrogen and oxygen atoms in total. The van der Waals surface area contributed by atoms with E-state index in [1.807, 2.05) is 0 Å². The van der Waals surface area contributed by atoms with Crippen LogP contribution in [-0.2, 0) is 4.12 Å². The summed E-state index contributed by atoms with van der Waals surface area (Å²) in [5, 5.41) is 22.6. The molecule has 11 heteroatoms. The van der Waals surface area contributed by atoms with Gasteiger partial charge in [-0.25, -0.2) is 0 Å². The Hall–Kier alpha value is -3.29. The van der Waals surface area contributed by atoms with E-state index in [2.05, 4.69) is 36.8 Å². The van der Waals surface area contributed by atoms with Gasteiger partial charge in [-0.3, -0.25) is 29.8 Å². The van der Waals surface area contributed by atoms with Crippen LogP contribution in [0.1, 0.15) is 41.4 Å². The van der Waals surface area contributed by atoms with Gasteiger partial charge < -0.3 is 14.3 Å². The molecule has 0 saturated carbocycles. The predicted octanol–water partition coefficient (Wildman–Crippen LogP) is 1.52. The van der Waals surface area contributed by atoms with Crippen molar-refractivity contribution in [2.75, 3.05) is 0 Å². The summed E-state index contributed by atoms with van der Waals surface area (Å²) >= 11 is 0. The van der Waals surface area contributed by atoms with Crippen LogP contribution in [0.25, 0.3) is 0 Å². The van der Waals surface area contributed by atoms with Crippen LogP contribution in [0.2, 0.25) is 26.2 Å². The number of rotatable bonds is 2. The standard InChI is InChI=1S/2C8H5NO3.C4H14OSi2/c2*10-5-3-1-2-4-6(5)8(12)9-7(4)11;1-6-5-7(2,3)4/h2*1-3,10H,(H,9,11,12);6H2,1-4H3. The highest BCUT2D eigenvalue weighted by Crippen LogP contribution is 2.25. The summed E-state index contributed by atoms with van der Waals surface area (Å²) in [5.74, 6) is -2.29. The summed E-state index contributed by atoms with van der Waals surface area (Å²) in [5.41, 5.74) is 0.616. The summed E-state index contributed by atoms with van der Waals surface area (Å²) in [6.45, 7) is 8.86. The first kappa shape index (κ1) is 24.0. The molecule has 4 N–H and O–H groups in total. The van der Waals surface area contributed by atoms with Gasteiger partial charge in [-0.15, -0.1) is 0 Å². The Morgan fingerprint density at radius 2 is 1.13 bits per heavy atom. The smallest absolute Gasteiger partial charge is 0.262 e. The Morgan fingerprint density at radius 3 is 1.39 bits per heavy atom. The third kappa shape index (κ3) is 5.87. The molecule has 2 aliphatic heterocycles. The molecule has 2 heterocycles. The molecule has 0 fully saturated rings. The molecule has 4 amide bonds. The van der Waals surface area contributed by atoms with Gasteiger partial charge in [0.2, 0.25) is 0 Å². The lowest BCUT2D eigenvalue weighted by atomic mass is 10.1. The highest BCUT2D eigenvalue weighted by atomic mass is 28.4. The number of carbonyl (C=O) groups is 4.